The number of benzene rings is 3. The Bertz CT molecular complexity index is 1180. The average molecular weight is 341 g/mol. The molecule has 1 aliphatic heterocycles. The maximum atomic E-state index is 12.7. The van der Waals surface area contributed by atoms with Crippen LogP contribution in [-0.2, 0) is 0 Å². The number of ether oxygens (including phenoxy) is 2. The zero-order valence-electron chi connectivity index (χ0n) is 13.9. The SMILES string of the molecule is O=c1cc(-c2ccccc2)n(-c2ccc3c(c2)OCO3)c2ccccc12. The molecule has 0 amide bonds. The Kier molecular flexibility index (Phi) is 3.28. The minimum atomic E-state index is 0.0106. The highest BCUT2D eigenvalue weighted by atomic mass is 16.7. The molecule has 1 aromatic heterocycles. The number of rotatable bonds is 2. The van der Waals surface area contributed by atoms with E-state index in [1.54, 1.807) is 6.07 Å². The topological polar surface area (TPSA) is 40.5 Å². The van der Waals surface area contributed by atoms with Crippen LogP contribution in [-0.4, -0.2) is 11.4 Å². The van der Waals surface area contributed by atoms with Crippen molar-refractivity contribution in [3.63, 3.8) is 0 Å². The van der Waals surface area contributed by atoms with Crippen molar-refractivity contribution in [1.82, 2.24) is 4.57 Å². The lowest BCUT2D eigenvalue weighted by atomic mass is 10.1. The van der Waals surface area contributed by atoms with Crippen molar-refractivity contribution in [3.05, 3.63) is 89.1 Å². The van der Waals surface area contributed by atoms with E-state index in [2.05, 4.69) is 4.57 Å². The molecule has 2 heterocycles. The standard InChI is InChI=1S/C22H15NO3/c24-20-13-19(15-6-2-1-3-7-15)23(18-9-5-4-8-17(18)20)16-10-11-21-22(12-16)26-14-25-21/h1-13H,14H2. The normalized spacial score (nSPS) is 12.5. The molecule has 3 aromatic carbocycles. The van der Waals surface area contributed by atoms with Crippen LogP contribution in [0.1, 0.15) is 0 Å². The first-order valence-electron chi connectivity index (χ1n) is 8.41. The number of fused-ring (bicyclic) bond motifs is 2. The van der Waals surface area contributed by atoms with Crippen molar-refractivity contribution in [1.29, 1.82) is 0 Å². The van der Waals surface area contributed by atoms with Gasteiger partial charge in [0.1, 0.15) is 0 Å². The second-order valence-corrected chi connectivity index (χ2v) is 6.15. The first-order chi connectivity index (χ1) is 12.8. The molecule has 1 aliphatic rings. The Labute approximate surface area is 149 Å². The molecule has 0 aliphatic carbocycles. The first kappa shape index (κ1) is 14.8. The smallest absolute Gasteiger partial charge is 0.231 e. The van der Waals surface area contributed by atoms with E-state index >= 15 is 0 Å². The van der Waals surface area contributed by atoms with E-state index in [-0.39, 0.29) is 12.2 Å². The van der Waals surface area contributed by atoms with E-state index in [4.69, 9.17) is 9.47 Å². The van der Waals surface area contributed by atoms with Gasteiger partial charge in [0.25, 0.3) is 0 Å². The van der Waals surface area contributed by atoms with Gasteiger partial charge in [-0.05, 0) is 29.8 Å². The molecule has 26 heavy (non-hydrogen) atoms. The molecule has 4 nitrogen and oxygen atoms in total. The Morgan fingerprint density at radius 1 is 0.769 bits per heavy atom. The first-order valence-corrected chi connectivity index (χ1v) is 8.41. The quantitative estimate of drug-likeness (QED) is 0.543. The van der Waals surface area contributed by atoms with Crippen LogP contribution >= 0.6 is 0 Å². The fraction of sp³-hybridized carbons (Fsp3) is 0.0455. The van der Waals surface area contributed by atoms with E-state index in [0.717, 1.165) is 28.2 Å². The van der Waals surface area contributed by atoms with Gasteiger partial charge in [0.05, 0.1) is 16.9 Å². The molecule has 0 radical (unpaired) electrons. The van der Waals surface area contributed by atoms with Crippen LogP contribution in [0.2, 0.25) is 0 Å². The molecule has 0 N–H and O–H groups in total. The molecule has 0 spiro atoms. The summed E-state index contributed by atoms with van der Waals surface area (Å²) in [5.74, 6) is 1.45. The maximum absolute atomic E-state index is 12.7. The van der Waals surface area contributed by atoms with Crippen molar-refractivity contribution in [3.8, 4) is 28.4 Å². The van der Waals surface area contributed by atoms with E-state index in [0.29, 0.717) is 11.1 Å². The summed E-state index contributed by atoms with van der Waals surface area (Å²) in [5.41, 5.74) is 3.61. The Morgan fingerprint density at radius 3 is 2.42 bits per heavy atom. The number of aromatic nitrogens is 1. The monoisotopic (exact) mass is 341 g/mol. The number of hydrogen-bond acceptors (Lipinski definition) is 3. The van der Waals surface area contributed by atoms with E-state index in [1.807, 2.05) is 72.8 Å². The molecule has 0 saturated heterocycles. The van der Waals surface area contributed by atoms with Crippen LogP contribution in [0.15, 0.2) is 83.7 Å². The third-order valence-corrected chi connectivity index (χ3v) is 4.60. The number of hydrogen-bond donors (Lipinski definition) is 0. The lowest BCUT2D eigenvalue weighted by Gasteiger charge is -2.17. The third-order valence-electron chi connectivity index (χ3n) is 4.60. The second kappa shape index (κ2) is 5.77. The van der Waals surface area contributed by atoms with Crippen molar-refractivity contribution < 1.29 is 9.47 Å². The van der Waals surface area contributed by atoms with E-state index in [9.17, 15) is 4.79 Å². The Morgan fingerprint density at radius 2 is 1.54 bits per heavy atom. The van der Waals surface area contributed by atoms with Gasteiger partial charge in [0.15, 0.2) is 16.9 Å². The molecule has 0 fully saturated rings. The van der Waals surface area contributed by atoms with Crippen LogP contribution in [0.25, 0.3) is 27.8 Å². The molecule has 4 heteroatoms. The number of pyridine rings is 1. The maximum Gasteiger partial charge on any atom is 0.231 e. The van der Waals surface area contributed by atoms with Crippen molar-refractivity contribution in [2.75, 3.05) is 6.79 Å². The van der Waals surface area contributed by atoms with Crippen molar-refractivity contribution in [2.45, 2.75) is 0 Å². The molecular formula is C22H15NO3. The molecule has 0 bridgehead atoms. The summed E-state index contributed by atoms with van der Waals surface area (Å²) >= 11 is 0. The molecule has 0 atom stereocenters. The zero-order chi connectivity index (χ0) is 17.5. The molecule has 5 rings (SSSR count). The fourth-order valence-corrected chi connectivity index (χ4v) is 3.40. The lowest BCUT2D eigenvalue weighted by Crippen LogP contribution is -2.10. The highest BCUT2D eigenvalue weighted by Gasteiger charge is 2.17. The lowest BCUT2D eigenvalue weighted by molar-refractivity contribution is 0.174. The van der Waals surface area contributed by atoms with Crippen molar-refractivity contribution >= 4 is 10.9 Å². The molecular weight excluding hydrogens is 326 g/mol. The fourth-order valence-electron chi connectivity index (χ4n) is 3.40. The average Bonchev–Trinajstić information content (AvgIpc) is 3.16. The molecule has 0 unspecified atom stereocenters. The molecule has 4 aromatic rings. The van der Waals surface area contributed by atoms with Crippen LogP contribution in [0, 0.1) is 0 Å². The largest absolute Gasteiger partial charge is 0.454 e. The van der Waals surface area contributed by atoms with Crippen LogP contribution in [0.5, 0.6) is 11.5 Å². The highest BCUT2D eigenvalue weighted by molar-refractivity contribution is 5.85. The second-order valence-electron chi connectivity index (χ2n) is 6.15. The van der Waals surface area contributed by atoms with Crippen LogP contribution in [0.3, 0.4) is 0 Å². The van der Waals surface area contributed by atoms with Crippen molar-refractivity contribution in [2.24, 2.45) is 0 Å². The summed E-state index contributed by atoms with van der Waals surface area (Å²) in [6.45, 7) is 0.231. The minimum Gasteiger partial charge on any atom is -0.454 e. The predicted octanol–water partition coefficient (Wildman–Crippen LogP) is 4.39. The summed E-state index contributed by atoms with van der Waals surface area (Å²) in [6, 6.07) is 25.1. The Balaban J connectivity index is 1.88. The predicted molar refractivity (Wildman–Crippen MR) is 101 cm³/mol. The third kappa shape index (κ3) is 2.27. The summed E-state index contributed by atoms with van der Waals surface area (Å²) in [6.07, 6.45) is 0. The van der Waals surface area contributed by atoms with E-state index in [1.165, 1.54) is 0 Å². The van der Waals surface area contributed by atoms with Crippen LogP contribution in [0.4, 0.5) is 0 Å². The van der Waals surface area contributed by atoms with Gasteiger partial charge in [-0.3, -0.25) is 4.79 Å². The van der Waals surface area contributed by atoms with Gasteiger partial charge in [0.2, 0.25) is 6.79 Å². The van der Waals surface area contributed by atoms with Gasteiger partial charge in [-0.1, -0.05) is 42.5 Å². The summed E-state index contributed by atoms with van der Waals surface area (Å²) in [7, 11) is 0. The summed E-state index contributed by atoms with van der Waals surface area (Å²) < 4.78 is 13.1. The minimum absolute atomic E-state index is 0.0106. The Hall–Kier alpha value is -3.53. The van der Waals surface area contributed by atoms with Gasteiger partial charge in [0, 0.05) is 17.5 Å². The summed E-state index contributed by atoms with van der Waals surface area (Å²) in [4.78, 5) is 12.7. The van der Waals surface area contributed by atoms with Gasteiger partial charge in [-0.2, -0.15) is 0 Å². The zero-order valence-corrected chi connectivity index (χ0v) is 13.9. The van der Waals surface area contributed by atoms with E-state index < -0.39 is 0 Å². The van der Waals surface area contributed by atoms with Gasteiger partial charge in [-0.25, -0.2) is 0 Å². The van der Waals surface area contributed by atoms with Gasteiger partial charge in [-0.15, -0.1) is 0 Å². The van der Waals surface area contributed by atoms with Crippen LogP contribution < -0.4 is 14.9 Å². The number of para-hydroxylation sites is 1. The molecule has 126 valence electrons. The van der Waals surface area contributed by atoms with Gasteiger partial charge >= 0.3 is 0 Å². The number of nitrogens with zero attached hydrogens (tertiary/aromatic N) is 1. The summed E-state index contributed by atoms with van der Waals surface area (Å²) in [5, 5.41) is 0.685. The van der Waals surface area contributed by atoms with Gasteiger partial charge < -0.3 is 14.0 Å². The highest BCUT2D eigenvalue weighted by Crippen LogP contribution is 2.36. The molecule has 0 saturated carbocycles.